The maximum absolute atomic E-state index is 11.6. The highest BCUT2D eigenvalue weighted by Gasteiger charge is 2.45. The summed E-state index contributed by atoms with van der Waals surface area (Å²) in [6.07, 6.45) is 2.74. The molecule has 1 aromatic rings. The number of benzene rings is 1. The summed E-state index contributed by atoms with van der Waals surface area (Å²) in [5.74, 6) is -0.631. The molecule has 98 valence electrons. The van der Waals surface area contributed by atoms with E-state index >= 15 is 0 Å². The number of hydrogen-bond acceptors (Lipinski definition) is 3. The van der Waals surface area contributed by atoms with Gasteiger partial charge in [0.1, 0.15) is 11.5 Å². The largest absolute Gasteiger partial charge is 0.507 e. The summed E-state index contributed by atoms with van der Waals surface area (Å²) in [6.45, 7) is 0. The molecule has 0 amide bonds. The molecule has 1 aliphatic rings. The van der Waals surface area contributed by atoms with Crippen LogP contribution < -0.4 is 4.74 Å². The summed E-state index contributed by atoms with van der Waals surface area (Å²) in [4.78, 5) is 11.6. The Bertz CT molecular complexity index is 478. The lowest BCUT2D eigenvalue weighted by Crippen LogP contribution is -2.32. The predicted octanol–water partition coefficient (Wildman–Crippen LogP) is 2.95. The Hall–Kier alpha value is -1.42. The molecule has 0 radical (unpaired) electrons. The van der Waals surface area contributed by atoms with Crippen molar-refractivity contribution in [2.24, 2.45) is 0 Å². The molecule has 0 aromatic heterocycles. The highest BCUT2D eigenvalue weighted by atomic mass is 35.5. The Kier molecular flexibility index (Phi) is 3.39. The molecule has 0 bridgehead atoms. The average molecular weight is 271 g/mol. The third-order valence-corrected chi connectivity index (χ3v) is 3.95. The number of ether oxygens (including phenoxy) is 1. The minimum atomic E-state index is -1.01. The first-order valence-electron chi connectivity index (χ1n) is 5.81. The first kappa shape index (κ1) is 13.0. The van der Waals surface area contributed by atoms with Gasteiger partial charge in [-0.1, -0.05) is 24.4 Å². The molecule has 0 heterocycles. The number of phenols is 1. The lowest BCUT2D eigenvalue weighted by Gasteiger charge is -2.25. The van der Waals surface area contributed by atoms with Gasteiger partial charge in [0, 0.05) is 11.6 Å². The zero-order valence-corrected chi connectivity index (χ0v) is 10.8. The van der Waals surface area contributed by atoms with Gasteiger partial charge in [0.25, 0.3) is 0 Å². The van der Waals surface area contributed by atoms with Crippen molar-refractivity contribution >= 4 is 17.6 Å². The summed E-state index contributed by atoms with van der Waals surface area (Å²) < 4.78 is 5.00. The number of carbonyl (C=O) groups is 1. The maximum atomic E-state index is 11.6. The summed E-state index contributed by atoms with van der Waals surface area (Å²) in [7, 11) is 1.45. The summed E-state index contributed by atoms with van der Waals surface area (Å²) >= 11 is 6.02. The predicted molar refractivity (Wildman–Crippen MR) is 67.5 cm³/mol. The van der Waals surface area contributed by atoms with Crippen molar-refractivity contribution in [3.63, 3.8) is 0 Å². The Morgan fingerprint density at radius 1 is 1.39 bits per heavy atom. The first-order chi connectivity index (χ1) is 8.51. The molecule has 2 rings (SSSR count). The highest BCUT2D eigenvalue weighted by Crippen LogP contribution is 2.47. The van der Waals surface area contributed by atoms with Crippen molar-refractivity contribution in [2.45, 2.75) is 31.1 Å². The second kappa shape index (κ2) is 4.69. The molecule has 0 aliphatic heterocycles. The summed E-state index contributed by atoms with van der Waals surface area (Å²) in [5, 5.41) is 19.8. The van der Waals surface area contributed by atoms with Crippen molar-refractivity contribution in [3.05, 3.63) is 22.7 Å². The Morgan fingerprint density at radius 2 is 2.00 bits per heavy atom. The maximum Gasteiger partial charge on any atom is 0.314 e. The molecule has 1 saturated carbocycles. The van der Waals surface area contributed by atoms with Gasteiger partial charge < -0.3 is 14.9 Å². The normalized spacial score (nSPS) is 17.7. The number of aromatic hydroxyl groups is 1. The third kappa shape index (κ3) is 1.90. The van der Waals surface area contributed by atoms with E-state index in [9.17, 15) is 15.0 Å². The van der Waals surface area contributed by atoms with Crippen LogP contribution in [0.2, 0.25) is 5.02 Å². The molecule has 0 saturated heterocycles. The molecule has 1 aromatic carbocycles. The van der Waals surface area contributed by atoms with Crippen molar-refractivity contribution in [2.75, 3.05) is 7.11 Å². The van der Waals surface area contributed by atoms with Gasteiger partial charge >= 0.3 is 5.97 Å². The van der Waals surface area contributed by atoms with Gasteiger partial charge in [0.05, 0.1) is 17.5 Å². The molecule has 0 spiro atoms. The van der Waals surface area contributed by atoms with Crippen molar-refractivity contribution in [1.82, 2.24) is 0 Å². The van der Waals surface area contributed by atoms with E-state index in [1.807, 2.05) is 0 Å². The molecule has 18 heavy (non-hydrogen) atoms. The summed E-state index contributed by atoms with van der Waals surface area (Å²) in [5.41, 5.74) is -0.627. The fourth-order valence-corrected chi connectivity index (χ4v) is 2.90. The highest BCUT2D eigenvalue weighted by molar-refractivity contribution is 6.32. The lowest BCUT2D eigenvalue weighted by molar-refractivity contribution is -0.143. The average Bonchev–Trinajstić information content (AvgIpc) is 2.82. The van der Waals surface area contributed by atoms with E-state index in [1.54, 1.807) is 0 Å². The minimum absolute atomic E-state index is 0.0689. The molecule has 2 N–H and O–H groups in total. The Balaban J connectivity index is 2.56. The minimum Gasteiger partial charge on any atom is -0.507 e. The van der Waals surface area contributed by atoms with E-state index in [4.69, 9.17) is 16.3 Å². The zero-order valence-electron chi connectivity index (χ0n) is 10.1. The van der Waals surface area contributed by atoms with Crippen LogP contribution in [0.5, 0.6) is 11.5 Å². The molecule has 0 atom stereocenters. The number of carboxylic acid groups (broad SMARTS) is 1. The van der Waals surface area contributed by atoms with E-state index < -0.39 is 11.4 Å². The zero-order chi connectivity index (χ0) is 13.3. The smallest absolute Gasteiger partial charge is 0.314 e. The fourth-order valence-electron chi connectivity index (χ4n) is 2.66. The van der Waals surface area contributed by atoms with Crippen molar-refractivity contribution in [3.8, 4) is 11.5 Å². The third-order valence-electron chi connectivity index (χ3n) is 3.65. The van der Waals surface area contributed by atoms with Gasteiger partial charge in [0.2, 0.25) is 0 Å². The second-order valence-corrected chi connectivity index (χ2v) is 5.01. The number of phenolic OH excluding ortho intramolecular Hbond substituents is 1. The van der Waals surface area contributed by atoms with Crippen LogP contribution in [0, 0.1) is 0 Å². The number of carboxylic acids is 1. The number of methoxy groups -OCH3 is 1. The van der Waals surface area contributed by atoms with Gasteiger partial charge in [-0.25, -0.2) is 0 Å². The van der Waals surface area contributed by atoms with Gasteiger partial charge in [-0.2, -0.15) is 0 Å². The van der Waals surface area contributed by atoms with Gasteiger partial charge in [0.15, 0.2) is 0 Å². The fraction of sp³-hybridized carbons (Fsp3) is 0.462. The molecule has 5 heteroatoms. The van der Waals surface area contributed by atoms with Gasteiger partial charge in [-0.3, -0.25) is 4.79 Å². The first-order valence-corrected chi connectivity index (χ1v) is 6.19. The second-order valence-electron chi connectivity index (χ2n) is 4.60. The Labute approximate surface area is 110 Å². The van der Waals surface area contributed by atoms with Crippen molar-refractivity contribution < 1.29 is 19.7 Å². The van der Waals surface area contributed by atoms with Crippen molar-refractivity contribution in [1.29, 1.82) is 0 Å². The van der Waals surface area contributed by atoms with Crippen LogP contribution in [0.3, 0.4) is 0 Å². The summed E-state index contributed by atoms with van der Waals surface area (Å²) in [6, 6.07) is 2.88. The number of halogens is 1. The van der Waals surface area contributed by atoms with Crippen LogP contribution in [0.1, 0.15) is 31.2 Å². The molecule has 1 aliphatic carbocycles. The van der Waals surface area contributed by atoms with Crippen LogP contribution in [0.4, 0.5) is 0 Å². The molecular formula is C13H15ClO4. The number of aliphatic carboxylic acids is 1. The number of rotatable bonds is 3. The van der Waals surface area contributed by atoms with Crippen LogP contribution >= 0.6 is 11.6 Å². The molecular weight excluding hydrogens is 256 g/mol. The Morgan fingerprint density at radius 3 is 2.50 bits per heavy atom. The molecule has 0 unspecified atom stereocenters. The standard InChI is InChI=1S/C13H15ClO4/c1-18-11-7-10(15)8(6-9(11)14)13(12(16)17)4-2-3-5-13/h6-7,15H,2-5H2,1H3,(H,16,17). The van der Waals surface area contributed by atoms with E-state index in [1.165, 1.54) is 19.2 Å². The van der Waals surface area contributed by atoms with Crippen LogP contribution in [-0.4, -0.2) is 23.3 Å². The topological polar surface area (TPSA) is 66.8 Å². The monoisotopic (exact) mass is 270 g/mol. The van der Waals surface area contributed by atoms with Gasteiger partial charge in [-0.15, -0.1) is 0 Å². The van der Waals surface area contributed by atoms with Crippen LogP contribution in [-0.2, 0) is 10.2 Å². The van der Waals surface area contributed by atoms with E-state index in [0.29, 0.717) is 29.2 Å². The SMILES string of the molecule is COc1cc(O)c(C2(C(=O)O)CCCC2)cc1Cl. The van der Waals surface area contributed by atoms with Gasteiger partial charge in [-0.05, 0) is 18.9 Å². The molecule has 1 fully saturated rings. The molecule has 4 nitrogen and oxygen atoms in total. The quantitative estimate of drug-likeness (QED) is 0.886. The number of hydrogen-bond donors (Lipinski definition) is 2. The van der Waals surface area contributed by atoms with E-state index in [2.05, 4.69) is 0 Å². The van der Waals surface area contributed by atoms with E-state index in [-0.39, 0.29) is 5.75 Å². The lowest BCUT2D eigenvalue weighted by atomic mass is 9.78. The van der Waals surface area contributed by atoms with Crippen LogP contribution in [0.15, 0.2) is 12.1 Å². The van der Waals surface area contributed by atoms with E-state index in [0.717, 1.165) is 12.8 Å². The van der Waals surface area contributed by atoms with Crippen LogP contribution in [0.25, 0.3) is 0 Å².